The van der Waals surface area contributed by atoms with Gasteiger partial charge >= 0.3 is 5.97 Å². The summed E-state index contributed by atoms with van der Waals surface area (Å²) in [5, 5.41) is 11.8. The summed E-state index contributed by atoms with van der Waals surface area (Å²) in [5.74, 6) is -0.911. The third-order valence-corrected chi connectivity index (χ3v) is 11.0. The largest absolute Gasteiger partial charge is 0.478 e. The molecule has 3 heteroatoms. The van der Waals surface area contributed by atoms with Crippen molar-refractivity contribution in [1.82, 2.24) is 0 Å². The van der Waals surface area contributed by atoms with E-state index in [2.05, 4.69) is 128 Å². The van der Waals surface area contributed by atoms with E-state index in [1.165, 1.54) is 103 Å². The molecule has 0 atom stereocenters. The van der Waals surface area contributed by atoms with Crippen molar-refractivity contribution in [1.29, 1.82) is 0 Å². The second kappa shape index (κ2) is 15.4. The molecule has 6 aromatic carbocycles. The van der Waals surface area contributed by atoms with Crippen LogP contribution in [0.25, 0.3) is 33.0 Å². The van der Waals surface area contributed by atoms with E-state index < -0.39 is 5.97 Å². The summed E-state index contributed by atoms with van der Waals surface area (Å²) >= 11 is 0. The van der Waals surface area contributed by atoms with Crippen LogP contribution in [-0.4, -0.2) is 11.1 Å². The van der Waals surface area contributed by atoms with Crippen LogP contribution in [0.5, 0.6) is 0 Å². The van der Waals surface area contributed by atoms with Gasteiger partial charge in [0.1, 0.15) is 0 Å². The van der Waals surface area contributed by atoms with E-state index in [0.717, 1.165) is 22.5 Å². The first-order valence-electron chi connectivity index (χ1n) is 19.0. The molecule has 0 unspecified atom stereocenters. The Labute approximate surface area is 303 Å². The van der Waals surface area contributed by atoms with Gasteiger partial charge in [0.25, 0.3) is 0 Å². The first kappa shape index (κ1) is 34.3. The fourth-order valence-electron chi connectivity index (χ4n) is 8.39. The summed E-state index contributed by atoms with van der Waals surface area (Å²) < 4.78 is 0. The van der Waals surface area contributed by atoms with E-state index in [4.69, 9.17) is 0 Å². The molecule has 0 heterocycles. The third-order valence-electron chi connectivity index (χ3n) is 11.0. The van der Waals surface area contributed by atoms with E-state index >= 15 is 0 Å². The minimum atomic E-state index is -0.911. The smallest absolute Gasteiger partial charge is 0.335 e. The Bertz CT molecular complexity index is 2090. The van der Waals surface area contributed by atoms with Gasteiger partial charge in [-0.2, -0.15) is 0 Å². The van der Waals surface area contributed by atoms with Gasteiger partial charge < -0.3 is 10.0 Å². The maximum Gasteiger partial charge on any atom is 0.335 e. The van der Waals surface area contributed by atoms with E-state index in [1.807, 2.05) is 12.1 Å². The normalized spacial score (nSPS) is 12.8. The Hall–Kier alpha value is -5.15. The molecular formula is C48H49NO2. The molecule has 7 rings (SSSR count). The minimum Gasteiger partial charge on any atom is -0.478 e. The number of hydrogen-bond acceptors (Lipinski definition) is 2. The topological polar surface area (TPSA) is 40.5 Å². The van der Waals surface area contributed by atoms with Gasteiger partial charge in [0.05, 0.1) is 11.3 Å². The Morgan fingerprint density at radius 3 is 1.84 bits per heavy atom. The molecule has 0 saturated carbocycles. The summed E-state index contributed by atoms with van der Waals surface area (Å²) in [5.41, 5.74) is 11.5. The third kappa shape index (κ3) is 6.82. The molecule has 258 valence electrons. The molecule has 0 saturated heterocycles. The molecule has 1 aliphatic rings. The molecule has 0 aromatic heterocycles. The van der Waals surface area contributed by atoms with E-state index in [9.17, 15) is 9.90 Å². The second-order valence-electron chi connectivity index (χ2n) is 14.2. The standard InChI is InChI=1S/C48H49NO2/c1-3-5-7-13-32-48(33-14-8-6-4-2)44-20-12-11-19-42(44)43-31-30-40(34-45(43)48)49(46-21-15-17-37-16-9-10-18-41(37)46)39-28-26-36(27-29-39)35-22-24-38(25-23-35)47(50)51/h9-12,15-31,34H,3-8,13-14,32-33H2,1-2H3,(H,50,51). The maximum atomic E-state index is 11.5. The van der Waals surface area contributed by atoms with Crippen LogP contribution in [0, 0.1) is 0 Å². The Kier molecular flexibility index (Phi) is 10.4. The summed E-state index contributed by atoms with van der Waals surface area (Å²) in [6.07, 6.45) is 12.4. The Morgan fingerprint density at radius 1 is 0.569 bits per heavy atom. The van der Waals surface area contributed by atoms with Gasteiger partial charge in [0.2, 0.25) is 0 Å². The first-order chi connectivity index (χ1) is 25.0. The molecule has 1 N–H and O–H groups in total. The van der Waals surface area contributed by atoms with Crippen LogP contribution in [-0.2, 0) is 5.41 Å². The lowest BCUT2D eigenvalue weighted by Crippen LogP contribution is -2.26. The summed E-state index contributed by atoms with van der Waals surface area (Å²) in [4.78, 5) is 13.9. The molecule has 0 bridgehead atoms. The minimum absolute atomic E-state index is 0.000181. The summed E-state index contributed by atoms with van der Waals surface area (Å²) in [6, 6.07) is 47.5. The highest BCUT2D eigenvalue weighted by Crippen LogP contribution is 2.55. The van der Waals surface area contributed by atoms with Crippen LogP contribution in [0.15, 0.2) is 133 Å². The van der Waals surface area contributed by atoms with Crippen molar-refractivity contribution in [2.75, 3.05) is 4.90 Å². The lowest BCUT2D eigenvalue weighted by atomic mass is 9.70. The zero-order valence-corrected chi connectivity index (χ0v) is 30.1. The van der Waals surface area contributed by atoms with Gasteiger partial charge in [-0.15, -0.1) is 0 Å². The van der Waals surface area contributed by atoms with Crippen molar-refractivity contribution in [3.05, 3.63) is 150 Å². The van der Waals surface area contributed by atoms with Crippen LogP contribution >= 0.6 is 0 Å². The molecule has 0 spiro atoms. The van der Waals surface area contributed by atoms with Crippen molar-refractivity contribution in [2.45, 2.75) is 83.5 Å². The predicted octanol–water partition coefficient (Wildman–Crippen LogP) is 13.9. The highest BCUT2D eigenvalue weighted by molar-refractivity contribution is 5.99. The number of carboxylic acid groups (broad SMARTS) is 1. The van der Waals surface area contributed by atoms with Crippen molar-refractivity contribution in [2.24, 2.45) is 0 Å². The van der Waals surface area contributed by atoms with Gasteiger partial charge in [-0.05, 0) is 94.1 Å². The summed E-state index contributed by atoms with van der Waals surface area (Å²) in [6.45, 7) is 4.60. The van der Waals surface area contributed by atoms with Crippen molar-refractivity contribution < 1.29 is 9.90 Å². The van der Waals surface area contributed by atoms with Crippen molar-refractivity contribution in [3.8, 4) is 22.3 Å². The van der Waals surface area contributed by atoms with Crippen LogP contribution in [0.4, 0.5) is 17.1 Å². The average Bonchev–Trinajstić information content (AvgIpc) is 3.44. The van der Waals surface area contributed by atoms with Crippen LogP contribution in [0.3, 0.4) is 0 Å². The van der Waals surface area contributed by atoms with Gasteiger partial charge in [-0.25, -0.2) is 4.79 Å². The molecule has 0 aliphatic heterocycles. The van der Waals surface area contributed by atoms with Gasteiger partial charge in [0.15, 0.2) is 0 Å². The van der Waals surface area contributed by atoms with E-state index in [1.54, 1.807) is 12.1 Å². The Morgan fingerprint density at radius 2 is 1.16 bits per heavy atom. The van der Waals surface area contributed by atoms with Crippen LogP contribution < -0.4 is 4.90 Å². The van der Waals surface area contributed by atoms with E-state index in [0.29, 0.717) is 5.56 Å². The average molecular weight is 672 g/mol. The molecule has 1 aliphatic carbocycles. The van der Waals surface area contributed by atoms with Gasteiger partial charge in [-0.1, -0.05) is 156 Å². The van der Waals surface area contributed by atoms with Gasteiger partial charge in [-0.3, -0.25) is 0 Å². The second-order valence-corrected chi connectivity index (χ2v) is 14.2. The van der Waals surface area contributed by atoms with E-state index in [-0.39, 0.29) is 5.41 Å². The van der Waals surface area contributed by atoms with Crippen LogP contribution in [0.1, 0.15) is 99.5 Å². The molecule has 0 radical (unpaired) electrons. The fourth-order valence-corrected chi connectivity index (χ4v) is 8.39. The maximum absolute atomic E-state index is 11.5. The number of aromatic carboxylic acids is 1. The SMILES string of the molecule is CCCCCCC1(CCCCCC)c2ccccc2-c2ccc(N(c3ccc(-c4ccc(C(=O)O)cc4)cc3)c3cccc4ccccc34)cc21. The van der Waals surface area contributed by atoms with Crippen molar-refractivity contribution >= 4 is 33.8 Å². The number of rotatable bonds is 15. The van der Waals surface area contributed by atoms with Crippen LogP contribution in [0.2, 0.25) is 0 Å². The molecule has 0 fully saturated rings. The zero-order chi connectivity index (χ0) is 35.2. The number of hydrogen-bond donors (Lipinski definition) is 1. The van der Waals surface area contributed by atoms with Gasteiger partial charge in [0, 0.05) is 22.2 Å². The molecule has 3 nitrogen and oxygen atoms in total. The monoisotopic (exact) mass is 671 g/mol. The number of carbonyl (C=O) groups is 1. The highest BCUT2D eigenvalue weighted by atomic mass is 16.4. The fraction of sp³-hybridized carbons (Fsp3) is 0.271. The lowest BCUT2D eigenvalue weighted by molar-refractivity contribution is 0.0697. The number of nitrogens with zero attached hydrogens (tertiary/aromatic N) is 1. The zero-order valence-electron chi connectivity index (χ0n) is 30.1. The number of carboxylic acids is 1. The first-order valence-corrected chi connectivity index (χ1v) is 19.0. The summed E-state index contributed by atoms with van der Waals surface area (Å²) in [7, 11) is 0. The lowest BCUT2D eigenvalue weighted by Gasteiger charge is -2.34. The number of unbranched alkanes of at least 4 members (excludes halogenated alkanes) is 6. The molecule has 51 heavy (non-hydrogen) atoms. The molecule has 6 aromatic rings. The highest BCUT2D eigenvalue weighted by Gasteiger charge is 2.42. The predicted molar refractivity (Wildman–Crippen MR) is 215 cm³/mol. The van der Waals surface area contributed by atoms with Crippen molar-refractivity contribution in [3.63, 3.8) is 0 Å². The number of anilines is 3. The molecule has 0 amide bonds. The number of fused-ring (bicyclic) bond motifs is 4. The number of benzene rings is 6. The quantitative estimate of drug-likeness (QED) is 0.110. The molecular weight excluding hydrogens is 623 g/mol. The Balaban J connectivity index is 1.36.